The average Bonchev–Trinajstić information content (AvgIpc) is 2.23. The van der Waals surface area contributed by atoms with E-state index in [-0.39, 0.29) is 24.0 Å². The highest BCUT2D eigenvalue weighted by Gasteiger charge is 2.26. The Balaban J connectivity index is 4.50. The molecule has 0 spiro atoms. The fourth-order valence-electron chi connectivity index (χ4n) is 1.68. The highest BCUT2D eigenvalue weighted by Crippen LogP contribution is 2.08. The van der Waals surface area contributed by atoms with E-state index in [4.69, 9.17) is 9.84 Å². The van der Waals surface area contributed by atoms with E-state index >= 15 is 0 Å². The summed E-state index contributed by atoms with van der Waals surface area (Å²) >= 11 is 0. The Kier molecular flexibility index (Phi) is 8.20. The molecule has 2 N–H and O–H groups in total. The van der Waals surface area contributed by atoms with Crippen LogP contribution in [0, 0.1) is 11.8 Å². The number of sulfonamides is 1. The minimum absolute atomic E-state index is 0.102. The van der Waals surface area contributed by atoms with Gasteiger partial charge in [-0.2, -0.15) is 0 Å². The summed E-state index contributed by atoms with van der Waals surface area (Å²) in [6.07, 6.45) is 0.272. The van der Waals surface area contributed by atoms with E-state index in [2.05, 4.69) is 4.72 Å². The van der Waals surface area contributed by atoms with Gasteiger partial charge in [0.1, 0.15) is 6.04 Å². The molecule has 0 saturated heterocycles. The number of aliphatic carboxylic acids is 1. The molecule has 0 bridgehead atoms. The standard InChI is InChI=1S/C12H25NO5S/c1-5-18-7-10(4)8-19(16,17)13-11(12(14)15)6-9(2)3/h9-11,13H,5-8H2,1-4H3,(H,14,15)/t10?,11-/m1/s1. The van der Waals surface area contributed by atoms with Crippen molar-refractivity contribution in [1.29, 1.82) is 0 Å². The summed E-state index contributed by atoms with van der Waals surface area (Å²) in [7, 11) is -3.61. The van der Waals surface area contributed by atoms with E-state index in [0.717, 1.165) is 0 Å². The number of carbonyl (C=O) groups is 1. The van der Waals surface area contributed by atoms with Gasteiger partial charge in [-0.25, -0.2) is 13.1 Å². The molecule has 0 aliphatic carbocycles. The molecule has 0 aliphatic rings. The van der Waals surface area contributed by atoms with Gasteiger partial charge in [0, 0.05) is 6.61 Å². The summed E-state index contributed by atoms with van der Waals surface area (Å²) in [5.74, 6) is -1.35. The molecule has 0 aromatic rings. The van der Waals surface area contributed by atoms with Gasteiger partial charge in [-0.05, 0) is 25.2 Å². The predicted octanol–water partition coefficient (Wildman–Crippen LogP) is 1.08. The molecule has 0 saturated carbocycles. The summed E-state index contributed by atoms with van der Waals surface area (Å²) in [5, 5.41) is 9.01. The monoisotopic (exact) mass is 295 g/mol. The lowest BCUT2D eigenvalue weighted by atomic mass is 10.1. The van der Waals surface area contributed by atoms with Crippen LogP contribution in [0.25, 0.3) is 0 Å². The molecule has 1 unspecified atom stereocenters. The Hall–Kier alpha value is -0.660. The minimum atomic E-state index is -3.61. The summed E-state index contributed by atoms with van der Waals surface area (Å²) < 4.78 is 31.1. The number of ether oxygens (including phenoxy) is 1. The van der Waals surface area contributed by atoms with Crippen molar-refractivity contribution < 1.29 is 23.1 Å². The molecule has 0 heterocycles. The molecule has 0 aromatic carbocycles. The predicted molar refractivity (Wildman–Crippen MR) is 73.5 cm³/mol. The van der Waals surface area contributed by atoms with Crippen LogP contribution >= 0.6 is 0 Å². The Bertz CT molecular complexity index is 366. The van der Waals surface area contributed by atoms with Crippen molar-refractivity contribution in [2.24, 2.45) is 11.8 Å². The van der Waals surface area contributed by atoms with Crippen LogP contribution in [0.1, 0.15) is 34.1 Å². The van der Waals surface area contributed by atoms with Gasteiger partial charge in [-0.15, -0.1) is 0 Å². The Morgan fingerprint density at radius 3 is 2.32 bits per heavy atom. The normalized spacial score (nSPS) is 15.4. The number of carboxylic acids is 1. The highest BCUT2D eigenvalue weighted by atomic mass is 32.2. The first-order valence-electron chi connectivity index (χ1n) is 6.48. The average molecular weight is 295 g/mol. The molecule has 0 aliphatic heterocycles. The molecule has 114 valence electrons. The highest BCUT2D eigenvalue weighted by molar-refractivity contribution is 7.89. The Morgan fingerprint density at radius 1 is 1.32 bits per heavy atom. The van der Waals surface area contributed by atoms with E-state index in [0.29, 0.717) is 13.2 Å². The molecule has 2 atom stereocenters. The van der Waals surface area contributed by atoms with Crippen molar-refractivity contribution >= 4 is 16.0 Å². The zero-order valence-corrected chi connectivity index (χ0v) is 12.9. The van der Waals surface area contributed by atoms with Gasteiger partial charge < -0.3 is 9.84 Å². The number of hydrogen-bond acceptors (Lipinski definition) is 4. The second-order valence-corrected chi connectivity index (χ2v) is 6.98. The molecule has 0 fully saturated rings. The number of hydrogen-bond donors (Lipinski definition) is 2. The molecule has 0 amide bonds. The Labute approximate surface area is 115 Å². The zero-order valence-electron chi connectivity index (χ0n) is 12.0. The van der Waals surface area contributed by atoms with Crippen molar-refractivity contribution in [2.75, 3.05) is 19.0 Å². The van der Waals surface area contributed by atoms with E-state index < -0.39 is 22.0 Å². The fraction of sp³-hybridized carbons (Fsp3) is 0.917. The lowest BCUT2D eigenvalue weighted by Crippen LogP contribution is -2.43. The van der Waals surface area contributed by atoms with Gasteiger partial charge in [0.05, 0.1) is 12.4 Å². The fourth-order valence-corrected chi connectivity index (χ4v) is 3.25. The van der Waals surface area contributed by atoms with Gasteiger partial charge in [-0.3, -0.25) is 4.79 Å². The first-order chi connectivity index (χ1) is 8.68. The smallest absolute Gasteiger partial charge is 0.321 e. The molecule has 0 aromatic heterocycles. The second-order valence-electron chi connectivity index (χ2n) is 5.18. The summed E-state index contributed by atoms with van der Waals surface area (Å²) in [6, 6.07) is -1.07. The van der Waals surface area contributed by atoms with E-state index in [1.165, 1.54) is 0 Å². The van der Waals surface area contributed by atoms with Crippen molar-refractivity contribution in [3.63, 3.8) is 0 Å². The van der Waals surface area contributed by atoms with Gasteiger partial charge >= 0.3 is 5.97 Å². The molecule has 6 nitrogen and oxygen atoms in total. The topological polar surface area (TPSA) is 92.7 Å². The summed E-state index contributed by atoms with van der Waals surface area (Å²) in [5.41, 5.74) is 0. The number of rotatable bonds is 10. The van der Waals surface area contributed by atoms with Crippen molar-refractivity contribution in [3.05, 3.63) is 0 Å². The minimum Gasteiger partial charge on any atom is -0.480 e. The van der Waals surface area contributed by atoms with Gasteiger partial charge in [0.2, 0.25) is 10.0 Å². The third-order valence-electron chi connectivity index (χ3n) is 2.44. The van der Waals surface area contributed by atoms with Crippen LogP contribution < -0.4 is 4.72 Å². The van der Waals surface area contributed by atoms with Crippen molar-refractivity contribution in [2.45, 2.75) is 40.2 Å². The molecule has 7 heteroatoms. The van der Waals surface area contributed by atoms with Gasteiger partial charge in [-0.1, -0.05) is 20.8 Å². The summed E-state index contributed by atoms with van der Waals surface area (Å²) in [6.45, 7) is 8.17. The maximum atomic E-state index is 11.9. The molecular weight excluding hydrogens is 270 g/mol. The van der Waals surface area contributed by atoms with E-state index in [1.807, 2.05) is 20.8 Å². The van der Waals surface area contributed by atoms with Gasteiger partial charge in [0.15, 0.2) is 0 Å². The quantitative estimate of drug-likeness (QED) is 0.629. The third-order valence-corrected chi connectivity index (χ3v) is 4.09. The zero-order chi connectivity index (χ0) is 15.1. The molecule has 0 radical (unpaired) electrons. The van der Waals surface area contributed by atoms with Crippen LogP contribution in [0.5, 0.6) is 0 Å². The largest absolute Gasteiger partial charge is 0.480 e. The Morgan fingerprint density at radius 2 is 1.89 bits per heavy atom. The third kappa shape index (κ3) is 8.96. The van der Waals surface area contributed by atoms with Crippen molar-refractivity contribution in [3.8, 4) is 0 Å². The molecular formula is C12H25NO5S. The first kappa shape index (κ1) is 18.3. The summed E-state index contributed by atoms with van der Waals surface area (Å²) in [4.78, 5) is 11.0. The maximum Gasteiger partial charge on any atom is 0.321 e. The van der Waals surface area contributed by atoms with Crippen LogP contribution in [-0.2, 0) is 19.6 Å². The number of carboxylic acid groups (broad SMARTS) is 1. The lowest BCUT2D eigenvalue weighted by Gasteiger charge is -2.18. The maximum absolute atomic E-state index is 11.9. The van der Waals surface area contributed by atoms with Gasteiger partial charge in [0.25, 0.3) is 0 Å². The molecule has 19 heavy (non-hydrogen) atoms. The van der Waals surface area contributed by atoms with Crippen LogP contribution in [0.2, 0.25) is 0 Å². The first-order valence-corrected chi connectivity index (χ1v) is 8.13. The SMILES string of the molecule is CCOCC(C)CS(=O)(=O)N[C@H](CC(C)C)C(=O)O. The van der Waals surface area contributed by atoms with Crippen molar-refractivity contribution in [1.82, 2.24) is 4.72 Å². The van der Waals surface area contributed by atoms with Crippen LogP contribution in [0.3, 0.4) is 0 Å². The van der Waals surface area contributed by atoms with Crippen LogP contribution in [0.4, 0.5) is 0 Å². The second kappa shape index (κ2) is 8.50. The lowest BCUT2D eigenvalue weighted by molar-refractivity contribution is -0.139. The molecule has 0 rings (SSSR count). The van der Waals surface area contributed by atoms with E-state index in [9.17, 15) is 13.2 Å². The van der Waals surface area contributed by atoms with Crippen LogP contribution in [-0.4, -0.2) is 44.5 Å². The van der Waals surface area contributed by atoms with E-state index in [1.54, 1.807) is 6.92 Å². The number of nitrogens with one attached hydrogen (secondary N) is 1. The van der Waals surface area contributed by atoms with Crippen LogP contribution in [0.15, 0.2) is 0 Å².